The number of nitrogens with zero attached hydrogens (tertiary/aromatic N) is 4. The molecular weight excluding hydrogens is 418 g/mol. The van der Waals surface area contributed by atoms with Gasteiger partial charge in [-0.1, -0.05) is 53.7 Å². The van der Waals surface area contributed by atoms with E-state index in [2.05, 4.69) is 10.3 Å². The van der Waals surface area contributed by atoms with Gasteiger partial charge in [-0.3, -0.25) is 20.1 Å². The number of fused-ring (bicyclic) bond motifs is 2. The molecule has 1 atom stereocenters. The van der Waals surface area contributed by atoms with Crippen LogP contribution < -0.4 is 15.9 Å². The zero-order valence-electron chi connectivity index (χ0n) is 15.7. The molecule has 5 rings (SSSR count). The van der Waals surface area contributed by atoms with Crippen molar-refractivity contribution in [2.75, 3.05) is 0 Å². The first-order valence-corrected chi connectivity index (χ1v) is 10.7. The molecule has 0 spiro atoms. The number of aromatic nitrogens is 1. The molecule has 1 amide bonds. The molecule has 0 fully saturated rings. The van der Waals surface area contributed by atoms with Gasteiger partial charge in [-0.25, -0.2) is 5.01 Å². The molecule has 2 aromatic carbocycles. The van der Waals surface area contributed by atoms with Gasteiger partial charge in [0.1, 0.15) is 5.70 Å². The number of thioether (sulfide) groups is 1. The lowest BCUT2D eigenvalue weighted by Gasteiger charge is -2.34. The molecule has 0 saturated heterocycles. The van der Waals surface area contributed by atoms with Crippen molar-refractivity contribution in [2.45, 2.75) is 11.9 Å². The molecule has 0 radical (unpaired) electrons. The number of carbonyl (C=O) groups is 1. The molecule has 8 heteroatoms. The van der Waals surface area contributed by atoms with Crippen LogP contribution in [0.2, 0.25) is 5.02 Å². The van der Waals surface area contributed by atoms with E-state index in [1.165, 1.54) is 11.8 Å². The van der Waals surface area contributed by atoms with Crippen molar-refractivity contribution in [3.63, 3.8) is 0 Å². The Bertz CT molecular complexity index is 1260. The number of amidine groups is 1. The number of pyridine rings is 1. The lowest BCUT2D eigenvalue weighted by Crippen LogP contribution is -2.50. The van der Waals surface area contributed by atoms with Gasteiger partial charge in [0.05, 0.1) is 5.36 Å². The lowest BCUT2D eigenvalue weighted by molar-refractivity contribution is -0.116. The smallest absolute Gasteiger partial charge is 0.276 e. The van der Waals surface area contributed by atoms with Gasteiger partial charge in [-0.15, -0.1) is 5.10 Å². The van der Waals surface area contributed by atoms with Crippen molar-refractivity contribution in [1.29, 1.82) is 0 Å². The molecule has 2 aliphatic rings. The van der Waals surface area contributed by atoms with Crippen molar-refractivity contribution in [2.24, 2.45) is 10.1 Å². The molecule has 30 heavy (non-hydrogen) atoms. The number of nitrogens with one attached hydrogen (secondary N) is 1. The molecular formula is C22H16ClN5OS. The molecule has 2 aliphatic heterocycles. The summed E-state index contributed by atoms with van der Waals surface area (Å²) in [5, 5.41) is 12.2. The highest BCUT2D eigenvalue weighted by atomic mass is 35.5. The summed E-state index contributed by atoms with van der Waals surface area (Å²) in [5.41, 5.74) is 2.51. The summed E-state index contributed by atoms with van der Waals surface area (Å²) in [6.45, 7) is 0. The fourth-order valence-corrected chi connectivity index (χ4v) is 4.31. The maximum absolute atomic E-state index is 13.1. The highest BCUT2D eigenvalue weighted by molar-refractivity contribution is 8.13. The largest absolute Gasteiger partial charge is 0.298 e. The van der Waals surface area contributed by atoms with Gasteiger partial charge in [-0.05, 0) is 35.9 Å². The number of benzene rings is 2. The molecule has 0 saturated carbocycles. The molecule has 1 unspecified atom stereocenters. The Kier molecular flexibility index (Phi) is 4.98. The van der Waals surface area contributed by atoms with Gasteiger partial charge in [0.2, 0.25) is 0 Å². The van der Waals surface area contributed by atoms with Gasteiger partial charge in [0.25, 0.3) is 5.91 Å². The Balaban J connectivity index is 1.54. The predicted molar refractivity (Wildman–Crippen MR) is 118 cm³/mol. The maximum atomic E-state index is 13.1. The summed E-state index contributed by atoms with van der Waals surface area (Å²) in [6, 6.07) is 19.0. The number of carbonyl (C=O) groups excluding carboxylic acids is 1. The predicted octanol–water partition coefficient (Wildman–Crippen LogP) is 2.81. The standard InChI is InChI=1S/C22H16ClN5OS/c23-16-7-5-14(6-8-16)13-30-22-26-21(29)19-17-3-1-2-4-18(17)25-20(28(19)27-22)15-9-11-24-12-10-15/h1-12,20H,13H2,(H,26,27,29). The first-order chi connectivity index (χ1) is 14.7. The minimum Gasteiger partial charge on any atom is -0.298 e. The lowest BCUT2D eigenvalue weighted by atomic mass is 10.1. The zero-order valence-corrected chi connectivity index (χ0v) is 17.3. The van der Waals surface area contributed by atoms with Crippen LogP contribution in [0.15, 0.2) is 83.2 Å². The van der Waals surface area contributed by atoms with Crippen molar-refractivity contribution in [1.82, 2.24) is 15.3 Å². The normalized spacial score (nSPS) is 17.4. The van der Waals surface area contributed by atoms with Crippen LogP contribution in [0.4, 0.5) is 0 Å². The van der Waals surface area contributed by atoms with E-state index in [4.69, 9.17) is 21.7 Å². The number of halogens is 1. The van der Waals surface area contributed by atoms with Gasteiger partial charge in [0, 0.05) is 34.0 Å². The quantitative estimate of drug-likeness (QED) is 0.689. The third-order valence-electron chi connectivity index (χ3n) is 4.81. The van der Waals surface area contributed by atoms with Crippen molar-refractivity contribution < 1.29 is 4.79 Å². The first-order valence-electron chi connectivity index (χ1n) is 9.32. The SMILES string of the molecule is O=C1NC(SCc2ccc(Cl)cc2)=NN2C1=c1ccccc1=NC2c1ccncc1. The van der Waals surface area contributed by atoms with E-state index in [-0.39, 0.29) is 5.91 Å². The van der Waals surface area contributed by atoms with Crippen LogP contribution in [0.1, 0.15) is 17.3 Å². The Morgan fingerprint density at radius 2 is 1.80 bits per heavy atom. The second-order valence-corrected chi connectivity index (χ2v) is 8.17. The van der Waals surface area contributed by atoms with Crippen molar-refractivity contribution >= 4 is 40.1 Å². The van der Waals surface area contributed by atoms with Crippen molar-refractivity contribution in [3.05, 3.63) is 99.8 Å². The zero-order chi connectivity index (χ0) is 20.5. The minimum atomic E-state index is -0.435. The van der Waals surface area contributed by atoms with E-state index < -0.39 is 6.17 Å². The van der Waals surface area contributed by atoms with Crippen LogP contribution in [0.5, 0.6) is 0 Å². The van der Waals surface area contributed by atoms with Crippen LogP contribution in [-0.2, 0) is 10.5 Å². The Labute approximate surface area is 182 Å². The van der Waals surface area contributed by atoms with Gasteiger partial charge >= 0.3 is 0 Å². The fraction of sp³-hybridized carbons (Fsp3) is 0.0909. The van der Waals surface area contributed by atoms with E-state index in [0.29, 0.717) is 21.6 Å². The third-order valence-corrected chi connectivity index (χ3v) is 6.00. The molecule has 3 aromatic rings. The summed E-state index contributed by atoms with van der Waals surface area (Å²) < 4.78 is 0. The van der Waals surface area contributed by atoms with Gasteiger partial charge in [-0.2, -0.15) is 0 Å². The second-order valence-electron chi connectivity index (χ2n) is 6.77. The highest BCUT2D eigenvalue weighted by Gasteiger charge is 2.34. The molecule has 6 nitrogen and oxygen atoms in total. The Morgan fingerprint density at radius 3 is 2.60 bits per heavy atom. The minimum absolute atomic E-state index is 0.190. The Hall–Kier alpha value is -3.16. The summed E-state index contributed by atoms with van der Waals surface area (Å²) >= 11 is 7.42. The summed E-state index contributed by atoms with van der Waals surface area (Å²) in [4.78, 5) is 22.0. The molecule has 3 heterocycles. The van der Waals surface area contributed by atoms with E-state index >= 15 is 0 Å². The number of rotatable bonds is 3. The molecule has 1 aromatic heterocycles. The molecule has 0 bridgehead atoms. The van der Waals surface area contributed by atoms with E-state index in [9.17, 15) is 4.79 Å². The van der Waals surface area contributed by atoms with Crippen LogP contribution >= 0.6 is 23.4 Å². The van der Waals surface area contributed by atoms with Crippen LogP contribution in [0, 0.1) is 0 Å². The summed E-state index contributed by atoms with van der Waals surface area (Å²) in [6.07, 6.45) is 3.00. The number of hydrogen-bond donors (Lipinski definition) is 1. The highest BCUT2D eigenvalue weighted by Crippen LogP contribution is 2.30. The van der Waals surface area contributed by atoms with Gasteiger partial charge < -0.3 is 0 Å². The molecule has 1 N–H and O–H groups in total. The monoisotopic (exact) mass is 433 g/mol. The number of hydrogen-bond acceptors (Lipinski definition) is 6. The average molecular weight is 434 g/mol. The average Bonchev–Trinajstić information content (AvgIpc) is 2.78. The number of para-hydroxylation sites is 1. The van der Waals surface area contributed by atoms with Crippen LogP contribution in [-0.4, -0.2) is 21.1 Å². The third kappa shape index (κ3) is 3.58. The summed E-state index contributed by atoms with van der Waals surface area (Å²) in [5.74, 6) is 0.470. The molecule has 0 aliphatic carbocycles. The molecule has 148 valence electrons. The van der Waals surface area contributed by atoms with Gasteiger partial charge in [0.15, 0.2) is 11.3 Å². The van der Waals surface area contributed by atoms with E-state index in [0.717, 1.165) is 21.7 Å². The first kappa shape index (κ1) is 18.8. The summed E-state index contributed by atoms with van der Waals surface area (Å²) in [7, 11) is 0. The van der Waals surface area contributed by atoms with Crippen molar-refractivity contribution in [3.8, 4) is 0 Å². The van der Waals surface area contributed by atoms with Crippen LogP contribution in [0.3, 0.4) is 0 Å². The van der Waals surface area contributed by atoms with Crippen LogP contribution in [0.25, 0.3) is 5.70 Å². The van der Waals surface area contributed by atoms with E-state index in [1.54, 1.807) is 17.4 Å². The topological polar surface area (TPSA) is 70.0 Å². The number of hydrazone groups is 1. The van der Waals surface area contributed by atoms with E-state index in [1.807, 2.05) is 60.7 Å². The second kappa shape index (κ2) is 7.93. The Morgan fingerprint density at radius 1 is 1.03 bits per heavy atom. The number of amides is 1. The fourth-order valence-electron chi connectivity index (χ4n) is 3.38. The maximum Gasteiger partial charge on any atom is 0.276 e.